The molecule has 166 valence electrons. The molecule has 0 aliphatic heterocycles. The molecule has 6 nitrogen and oxygen atoms in total. The SMILES string of the molecule is CCCCC[C@H](O)C=C[C@H]1CCC(=O)[C@@H]1CCCCCCC(=O)NCC(=O)OC. The molecule has 1 aliphatic rings. The molecule has 1 saturated carbocycles. The summed E-state index contributed by atoms with van der Waals surface area (Å²) >= 11 is 0. The zero-order valence-electron chi connectivity index (χ0n) is 18.2. The lowest BCUT2D eigenvalue weighted by atomic mass is 9.89. The molecule has 0 saturated heterocycles. The Balaban J connectivity index is 2.20. The number of esters is 1. The zero-order valence-corrected chi connectivity index (χ0v) is 18.2. The number of ketones is 1. The third-order valence-corrected chi connectivity index (χ3v) is 5.66. The van der Waals surface area contributed by atoms with Crippen LogP contribution in [0.5, 0.6) is 0 Å². The molecule has 0 aromatic rings. The summed E-state index contributed by atoms with van der Waals surface area (Å²) in [6.45, 7) is 2.07. The maximum atomic E-state index is 12.2. The van der Waals surface area contributed by atoms with Crippen LogP contribution in [-0.4, -0.2) is 42.5 Å². The minimum atomic E-state index is -0.448. The van der Waals surface area contributed by atoms with Gasteiger partial charge in [0.15, 0.2) is 0 Å². The quantitative estimate of drug-likeness (QED) is 0.244. The van der Waals surface area contributed by atoms with Gasteiger partial charge in [-0.15, -0.1) is 0 Å². The zero-order chi connectivity index (χ0) is 21.5. The Morgan fingerprint density at radius 3 is 2.69 bits per heavy atom. The van der Waals surface area contributed by atoms with Crippen LogP contribution in [0.4, 0.5) is 0 Å². The Labute approximate surface area is 175 Å². The van der Waals surface area contributed by atoms with Crippen molar-refractivity contribution in [1.29, 1.82) is 0 Å². The Hall–Kier alpha value is -1.69. The van der Waals surface area contributed by atoms with E-state index in [-0.39, 0.29) is 24.3 Å². The molecule has 0 unspecified atom stereocenters. The summed E-state index contributed by atoms with van der Waals surface area (Å²) in [5.74, 6) is 0.105. The molecule has 1 rings (SSSR count). The lowest BCUT2D eigenvalue weighted by Crippen LogP contribution is -2.29. The number of aliphatic hydroxyl groups excluding tert-OH is 1. The first-order valence-corrected chi connectivity index (χ1v) is 11.2. The van der Waals surface area contributed by atoms with Crippen molar-refractivity contribution in [2.24, 2.45) is 11.8 Å². The number of carbonyl (C=O) groups is 3. The van der Waals surface area contributed by atoms with Gasteiger partial charge in [0.25, 0.3) is 0 Å². The molecule has 29 heavy (non-hydrogen) atoms. The number of Topliss-reactive ketones (excluding diaryl/α,β-unsaturated/α-hetero) is 1. The van der Waals surface area contributed by atoms with Crippen molar-refractivity contribution in [2.45, 2.75) is 90.1 Å². The van der Waals surface area contributed by atoms with E-state index in [1.54, 1.807) is 0 Å². The smallest absolute Gasteiger partial charge is 0.325 e. The summed E-state index contributed by atoms with van der Waals surface area (Å²) in [7, 11) is 1.29. The summed E-state index contributed by atoms with van der Waals surface area (Å²) in [5, 5.41) is 12.6. The van der Waals surface area contributed by atoms with Crippen LogP contribution in [0.3, 0.4) is 0 Å². The van der Waals surface area contributed by atoms with E-state index < -0.39 is 12.1 Å². The van der Waals surface area contributed by atoms with E-state index >= 15 is 0 Å². The number of hydrogen-bond acceptors (Lipinski definition) is 5. The maximum Gasteiger partial charge on any atom is 0.325 e. The van der Waals surface area contributed by atoms with Gasteiger partial charge >= 0.3 is 5.97 Å². The first-order chi connectivity index (χ1) is 14.0. The summed E-state index contributed by atoms with van der Waals surface area (Å²) < 4.78 is 4.48. The minimum absolute atomic E-state index is 0.0810. The van der Waals surface area contributed by atoms with E-state index in [1.165, 1.54) is 7.11 Å². The van der Waals surface area contributed by atoms with Gasteiger partial charge < -0.3 is 15.2 Å². The summed E-state index contributed by atoms with van der Waals surface area (Å²) in [5.41, 5.74) is 0. The van der Waals surface area contributed by atoms with Crippen LogP contribution in [-0.2, 0) is 19.1 Å². The molecule has 0 heterocycles. The fourth-order valence-corrected chi connectivity index (χ4v) is 3.85. The first kappa shape index (κ1) is 25.3. The van der Waals surface area contributed by atoms with Gasteiger partial charge in [-0.1, -0.05) is 57.6 Å². The Morgan fingerprint density at radius 2 is 1.97 bits per heavy atom. The van der Waals surface area contributed by atoms with Gasteiger partial charge in [0.1, 0.15) is 12.3 Å². The molecule has 0 radical (unpaired) electrons. The van der Waals surface area contributed by atoms with Gasteiger partial charge in [0.05, 0.1) is 13.2 Å². The number of unbranched alkanes of at least 4 members (excludes halogenated alkanes) is 5. The second-order valence-electron chi connectivity index (χ2n) is 8.03. The fraction of sp³-hybridized carbons (Fsp3) is 0.783. The number of rotatable bonds is 15. The van der Waals surface area contributed by atoms with Crippen LogP contribution in [0.2, 0.25) is 0 Å². The van der Waals surface area contributed by atoms with Gasteiger partial charge in [-0.25, -0.2) is 0 Å². The van der Waals surface area contributed by atoms with Crippen LogP contribution in [0.1, 0.15) is 84.0 Å². The summed E-state index contributed by atoms with van der Waals surface area (Å²) in [4.78, 5) is 34.8. The van der Waals surface area contributed by atoms with Crippen LogP contribution >= 0.6 is 0 Å². The minimum Gasteiger partial charge on any atom is -0.468 e. The molecule has 1 aliphatic carbocycles. The van der Waals surface area contributed by atoms with Gasteiger partial charge in [-0.05, 0) is 31.6 Å². The number of amides is 1. The molecule has 3 atom stereocenters. The number of carbonyl (C=O) groups excluding carboxylic acids is 3. The van der Waals surface area contributed by atoms with E-state index in [9.17, 15) is 19.5 Å². The average Bonchev–Trinajstić information content (AvgIpc) is 3.06. The van der Waals surface area contributed by atoms with Crippen LogP contribution in [0.25, 0.3) is 0 Å². The molecule has 6 heteroatoms. The van der Waals surface area contributed by atoms with E-state index in [0.29, 0.717) is 18.6 Å². The highest BCUT2D eigenvalue weighted by Gasteiger charge is 2.32. The van der Waals surface area contributed by atoms with Crippen LogP contribution in [0, 0.1) is 11.8 Å². The summed E-state index contributed by atoms with van der Waals surface area (Å²) in [6, 6.07) is 0. The van der Waals surface area contributed by atoms with Gasteiger partial charge in [0.2, 0.25) is 5.91 Å². The van der Waals surface area contributed by atoms with Crippen LogP contribution in [0.15, 0.2) is 12.2 Å². The van der Waals surface area contributed by atoms with Crippen molar-refractivity contribution < 1.29 is 24.2 Å². The Morgan fingerprint density at radius 1 is 1.21 bits per heavy atom. The second kappa shape index (κ2) is 15.2. The summed E-state index contributed by atoms with van der Waals surface area (Å²) in [6.07, 6.45) is 14.2. The van der Waals surface area contributed by atoms with Crippen molar-refractivity contribution in [2.75, 3.05) is 13.7 Å². The molecule has 1 amide bonds. The predicted octanol–water partition coefficient (Wildman–Crippen LogP) is 3.71. The second-order valence-corrected chi connectivity index (χ2v) is 8.03. The predicted molar refractivity (Wildman–Crippen MR) is 113 cm³/mol. The Bertz CT molecular complexity index is 531. The number of hydrogen-bond donors (Lipinski definition) is 2. The lowest BCUT2D eigenvalue weighted by molar-refractivity contribution is -0.141. The molecule has 0 bridgehead atoms. The fourth-order valence-electron chi connectivity index (χ4n) is 3.85. The van der Waals surface area contributed by atoms with E-state index in [0.717, 1.165) is 64.2 Å². The monoisotopic (exact) mass is 409 g/mol. The molecule has 0 aromatic carbocycles. The van der Waals surface area contributed by atoms with Crippen LogP contribution < -0.4 is 5.32 Å². The number of ether oxygens (including phenoxy) is 1. The molecular weight excluding hydrogens is 370 g/mol. The van der Waals surface area contributed by atoms with Crippen molar-refractivity contribution >= 4 is 17.7 Å². The van der Waals surface area contributed by atoms with Gasteiger partial charge in [-0.3, -0.25) is 14.4 Å². The number of methoxy groups -OCH3 is 1. The Kier molecular flexibility index (Phi) is 13.3. The lowest BCUT2D eigenvalue weighted by Gasteiger charge is -2.15. The van der Waals surface area contributed by atoms with Gasteiger partial charge in [0, 0.05) is 18.8 Å². The molecule has 2 N–H and O–H groups in total. The molecule has 0 aromatic heterocycles. The van der Waals surface area contributed by atoms with E-state index in [4.69, 9.17) is 0 Å². The van der Waals surface area contributed by atoms with Gasteiger partial charge in [-0.2, -0.15) is 0 Å². The highest BCUT2D eigenvalue weighted by Crippen LogP contribution is 2.34. The maximum absolute atomic E-state index is 12.2. The van der Waals surface area contributed by atoms with E-state index in [1.807, 2.05) is 6.08 Å². The largest absolute Gasteiger partial charge is 0.468 e. The third kappa shape index (κ3) is 11.2. The van der Waals surface area contributed by atoms with Crippen molar-refractivity contribution in [1.82, 2.24) is 5.32 Å². The topological polar surface area (TPSA) is 92.7 Å². The van der Waals surface area contributed by atoms with Crippen molar-refractivity contribution in [3.8, 4) is 0 Å². The number of aliphatic hydroxyl groups is 1. The van der Waals surface area contributed by atoms with E-state index in [2.05, 4.69) is 23.1 Å². The van der Waals surface area contributed by atoms with Crippen molar-refractivity contribution in [3.63, 3.8) is 0 Å². The molecular formula is C23H39NO5. The highest BCUT2D eigenvalue weighted by atomic mass is 16.5. The molecule has 0 spiro atoms. The highest BCUT2D eigenvalue weighted by molar-refractivity contribution is 5.83. The average molecular weight is 410 g/mol. The normalized spacial score (nSPS) is 20.2. The standard InChI is InChI=1S/C23H39NO5/c1-3-4-7-10-19(25)15-13-18-14-16-21(26)20(18)11-8-5-6-9-12-22(27)24-17-23(28)29-2/h13,15,18-20,25H,3-12,14,16-17H2,1-2H3,(H,24,27)/t18-,19-,20+/m0/s1. The number of allylic oxidation sites excluding steroid dienone is 1. The number of nitrogens with one attached hydrogen (secondary N) is 1. The molecule has 1 fully saturated rings. The van der Waals surface area contributed by atoms with Crippen molar-refractivity contribution in [3.05, 3.63) is 12.2 Å². The first-order valence-electron chi connectivity index (χ1n) is 11.2. The third-order valence-electron chi connectivity index (χ3n) is 5.66.